The Morgan fingerprint density at radius 3 is 2.55 bits per heavy atom. The molecule has 0 spiro atoms. The first-order valence-corrected chi connectivity index (χ1v) is 6.45. The lowest BCUT2D eigenvalue weighted by molar-refractivity contribution is -0.144. The Morgan fingerprint density at radius 1 is 1.30 bits per heavy atom. The molecule has 0 aliphatic carbocycles. The Balaban J connectivity index is 2.25. The molecule has 1 fully saturated rings. The summed E-state index contributed by atoms with van der Waals surface area (Å²) < 4.78 is 0. The molecule has 7 heteroatoms. The summed E-state index contributed by atoms with van der Waals surface area (Å²) in [6.07, 6.45) is 2.92. The van der Waals surface area contributed by atoms with Gasteiger partial charge < -0.3 is 15.1 Å². The van der Waals surface area contributed by atoms with E-state index in [4.69, 9.17) is 0 Å². The van der Waals surface area contributed by atoms with Crippen LogP contribution in [0, 0.1) is 0 Å². The van der Waals surface area contributed by atoms with Gasteiger partial charge in [0.1, 0.15) is 17.1 Å². The van der Waals surface area contributed by atoms with E-state index in [1.54, 1.807) is 37.7 Å². The number of carbonyl (C=O) groups is 2. The molecule has 108 valence electrons. The number of rotatable bonds is 2. The zero-order valence-corrected chi connectivity index (χ0v) is 12.2. The number of piperazine rings is 1. The van der Waals surface area contributed by atoms with E-state index in [2.05, 4.69) is 15.3 Å². The number of hydrogen-bond acceptors (Lipinski definition) is 5. The van der Waals surface area contributed by atoms with Crippen molar-refractivity contribution in [1.82, 2.24) is 19.8 Å². The van der Waals surface area contributed by atoms with Gasteiger partial charge in [-0.3, -0.25) is 9.59 Å². The van der Waals surface area contributed by atoms with Crippen LogP contribution in [-0.2, 0) is 4.79 Å². The van der Waals surface area contributed by atoms with E-state index in [9.17, 15) is 9.59 Å². The Kier molecular flexibility index (Phi) is 3.61. The van der Waals surface area contributed by atoms with Crippen molar-refractivity contribution in [2.45, 2.75) is 19.4 Å². The molecular weight excluding hydrogens is 258 g/mol. The van der Waals surface area contributed by atoms with Crippen molar-refractivity contribution in [1.29, 1.82) is 0 Å². The van der Waals surface area contributed by atoms with Crippen molar-refractivity contribution >= 4 is 17.6 Å². The third-order valence-electron chi connectivity index (χ3n) is 3.58. The van der Waals surface area contributed by atoms with Crippen LogP contribution in [0.1, 0.15) is 24.3 Å². The van der Waals surface area contributed by atoms with Gasteiger partial charge in [-0.15, -0.1) is 0 Å². The molecule has 0 saturated carbocycles. The van der Waals surface area contributed by atoms with Gasteiger partial charge in [0, 0.05) is 27.2 Å². The number of nitrogens with zero attached hydrogens (tertiary/aromatic N) is 4. The second-order valence-electron chi connectivity index (χ2n) is 5.28. The lowest BCUT2D eigenvalue weighted by Crippen LogP contribution is -2.63. The number of anilines is 1. The third kappa shape index (κ3) is 2.31. The van der Waals surface area contributed by atoms with Crippen molar-refractivity contribution in [2.24, 2.45) is 0 Å². The van der Waals surface area contributed by atoms with Gasteiger partial charge in [-0.05, 0) is 13.8 Å². The molecule has 1 aliphatic rings. The molecular formula is C13H19N5O2. The Labute approximate surface area is 118 Å². The summed E-state index contributed by atoms with van der Waals surface area (Å²) in [5, 5.41) is 2.84. The summed E-state index contributed by atoms with van der Waals surface area (Å²) in [6, 6.07) is 0. The molecule has 1 aliphatic heterocycles. The molecule has 2 rings (SSSR count). The van der Waals surface area contributed by atoms with E-state index in [0.717, 1.165) is 0 Å². The predicted molar refractivity (Wildman–Crippen MR) is 74.3 cm³/mol. The van der Waals surface area contributed by atoms with E-state index in [1.165, 1.54) is 12.4 Å². The quantitative estimate of drug-likeness (QED) is 0.836. The molecule has 1 saturated heterocycles. The SMILES string of the molecule is CNc1cnc(C(=O)N2CCN(C)C(=O)C2(C)C)cn1. The molecule has 0 atom stereocenters. The number of likely N-dealkylation sites (N-methyl/N-ethyl adjacent to an activating group) is 1. The normalized spacial score (nSPS) is 18.1. The van der Waals surface area contributed by atoms with Crippen molar-refractivity contribution < 1.29 is 9.59 Å². The minimum Gasteiger partial charge on any atom is -0.372 e. The van der Waals surface area contributed by atoms with Gasteiger partial charge in [0.05, 0.1) is 12.4 Å². The van der Waals surface area contributed by atoms with Crippen LogP contribution >= 0.6 is 0 Å². The zero-order chi connectivity index (χ0) is 14.9. The Bertz CT molecular complexity index is 526. The molecule has 1 aromatic heterocycles. The van der Waals surface area contributed by atoms with Gasteiger partial charge in [-0.2, -0.15) is 0 Å². The lowest BCUT2D eigenvalue weighted by atomic mass is 9.97. The van der Waals surface area contributed by atoms with Crippen molar-refractivity contribution in [3.63, 3.8) is 0 Å². The third-order valence-corrected chi connectivity index (χ3v) is 3.58. The molecule has 0 bridgehead atoms. The summed E-state index contributed by atoms with van der Waals surface area (Å²) >= 11 is 0. The first-order valence-electron chi connectivity index (χ1n) is 6.45. The van der Waals surface area contributed by atoms with Gasteiger partial charge in [0.15, 0.2) is 0 Å². The maximum absolute atomic E-state index is 12.5. The van der Waals surface area contributed by atoms with Gasteiger partial charge in [0.25, 0.3) is 5.91 Å². The van der Waals surface area contributed by atoms with E-state index in [0.29, 0.717) is 18.9 Å². The Hall–Kier alpha value is -2.18. The minimum atomic E-state index is -0.868. The second-order valence-corrected chi connectivity index (χ2v) is 5.28. The monoisotopic (exact) mass is 277 g/mol. The van der Waals surface area contributed by atoms with Crippen LogP contribution in [0.4, 0.5) is 5.82 Å². The summed E-state index contributed by atoms with van der Waals surface area (Å²) in [4.78, 5) is 36.0. The maximum atomic E-state index is 12.5. The number of aromatic nitrogens is 2. The van der Waals surface area contributed by atoms with Crippen LogP contribution in [0.25, 0.3) is 0 Å². The molecule has 1 N–H and O–H groups in total. The Morgan fingerprint density at radius 2 is 2.00 bits per heavy atom. The van der Waals surface area contributed by atoms with Gasteiger partial charge in [-0.25, -0.2) is 9.97 Å². The molecule has 7 nitrogen and oxygen atoms in total. The lowest BCUT2D eigenvalue weighted by Gasteiger charge is -2.44. The van der Waals surface area contributed by atoms with Crippen molar-refractivity contribution in [2.75, 3.05) is 32.5 Å². The smallest absolute Gasteiger partial charge is 0.274 e. The van der Waals surface area contributed by atoms with Gasteiger partial charge in [0.2, 0.25) is 5.91 Å². The predicted octanol–water partition coefficient (Wildman–Crippen LogP) is 0.211. The first kappa shape index (κ1) is 14.2. The van der Waals surface area contributed by atoms with E-state index in [-0.39, 0.29) is 17.5 Å². The number of nitrogens with one attached hydrogen (secondary N) is 1. The summed E-state index contributed by atoms with van der Waals surface area (Å²) in [5.41, 5.74) is -0.623. The fraction of sp³-hybridized carbons (Fsp3) is 0.538. The minimum absolute atomic E-state index is 0.0723. The highest BCUT2D eigenvalue weighted by molar-refractivity contribution is 5.98. The zero-order valence-electron chi connectivity index (χ0n) is 12.2. The molecule has 0 unspecified atom stereocenters. The van der Waals surface area contributed by atoms with Crippen LogP contribution < -0.4 is 5.32 Å². The van der Waals surface area contributed by atoms with Gasteiger partial charge in [-0.1, -0.05) is 0 Å². The largest absolute Gasteiger partial charge is 0.372 e. The molecule has 2 amide bonds. The maximum Gasteiger partial charge on any atom is 0.274 e. The highest BCUT2D eigenvalue weighted by Crippen LogP contribution is 2.23. The first-order chi connectivity index (χ1) is 9.37. The van der Waals surface area contributed by atoms with Crippen LogP contribution in [0.2, 0.25) is 0 Å². The summed E-state index contributed by atoms with van der Waals surface area (Å²) in [7, 11) is 3.47. The topological polar surface area (TPSA) is 78.4 Å². The van der Waals surface area contributed by atoms with E-state index >= 15 is 0 Å². The average molecular weight is 277 g/mol. The molecule has 0 radical (unpaired) electrons. The van der Waals surface area contributed by atoms with E-state index < -0.39 is 5.54 Å². The highest BCUT2D eigenvalue weighted by atomic mass is 16.2. The molecule has 2 heterocycles. The van der Waals surface area contributed by atoms with Crippen LogP contribution in [-0.4, -0.2) is 64.3 Å². The van der Waals surface area contributed by atoms with Gasteiger partial charge >= 0.3 is 0 Å². The van der Waals surface area contributed by atoms with Crippen molar-refractivity contribution in [3.8, 4) is 0 Å². The fourth-order valence-corrected chi connectivity index (χ4v) is 2.27. The number of amides is 2. The standard InChI is InChI=1S/C13H19N5O2/c1-13(2)12(20)17(4)5-6-18(13)11(19)9-7-16-10(14-3)8-15-9/h7-8H,5-6H2,1-4H3,(H,14,16). The molecule has 0 aromatic carbocycles. The highest BCUT2D eigenvalue weighted by Gasteiger charge is 2.43. The number of carbonyl (C=O) groups excluding carboxylic acids is 2. The average Bonchev–Trinajstić information content (AvgIpc) is 2.44. The summed E-state index contributed by atoms with van der Waals surface area (Å²) in [5.74, 6) is 0.249. The van der Waals surface area contributed by atoms with Crippen molar-refractivity contribution in [3.05, 3.63) is 18.1 Å². The molecule has 1 aromatic rings. The summed E-state index contributed by atoms with van der Waals surface area (Å²) in [6.45, 7) is 4.51. The number of hydrogen-bond donors (Lipinski definition) is 1. The second kappa shape index (κ2) is 5.07. The molecule has 20 heavy (non-hydrogen) atoms. The van der Waals surface area contributed by atoms with E-state index in [1.807, 2.05) is 0 Å². The van der Waals surface area contributed by atoms with Crippen LogP contribution in [0.3, 0.4) is 0 Å². The fourth-order valence-electron chi connectivity index (χ4n) is 2.27. The van der Waals surface area contributed by atoms with Crippen LogP contribution in [0.5, 0.6) is 0 Å². The van der Waals surface area contributed by atoms with Crippen LogP contribution in [0.15, 0.2) is 12.4 Å².